The molecule has 0 bridgehead atoms. The van der Waals surface area contributed by atoms with Crippen LogP contribution in [0.5, 0.6) is 0 Å². The largest absolute Gasteiger partial charge is 0.346 e. The molecule has 5 heteroatoms. The monoisotopic (exact) mass is 346 g/mol. The molecule has 0 N–H and O–H groups in total. The Hall–Kier alpha value is -1.81. The van der Waals surface area contributed by atoms with Crippen LogP contribution in [0.15, 0.2) is 35.9 Å². The van der Waals surface area contributed by atoms with Crippen LogP contribution >= 0.6 is 11.6 Å². The van der Waals surface area contributed by atoms with Crippen LogP contribution in [0.1, 0.15) is 36.4 Å². The first-order valence-electron chi connectivity index (χ1n) is 8.43. The van der Waals surface area contributed by atoms with Crippen LogP contribution in [0, 0.1) is 5.92 Å². The maximum absolute atomic E-state index is 13.1. The van der Waals surface area contributed by atoms with Crippen LogP contribution in [-0.2, 0) is 16.0 Å². The van der Waals surface area contributed by atoms with E-state index in [0.29, 0.717) is 24.5 Å². The second-order valence-electron chi connectivity index (χ2n) is 6.74. The van der Waals surface area contributed by atoms with Gasteiger partial charge in [0.2, 0.25) is 11.8 Å². The van der Waals surface area contributed by atoms with Gasteiger partial charge in [-0.3, -0.25) is 9.59 Å². The van der Waals surface area contributed by atoms with Gasteiger partial charge in [-0.15, -0.1) is 0 Å². The van der Waals surface area contributed by atoms with Gasteiger partial charge in [0.15, 0.2) is 0 Å². The van der Waals surface area contributed by atoms with E-state index < -0.39 is 0 Å². The van der Waals surface area contributed by atoms with Crippen LogP contribution in [0.2, 0.25) is 0 Å². The second-order valence-corrected chi connectivity index (χ2v) is 7.28. The van der Waals surface area contributed by atoms with E-state index in [1.807, 2.05) is 17.0 Å². The predicted molar refractivity (Wildman–Crippen MR) is 94.6 cm³/mol. The smallest absolute Gasteiger partial charge is 0.227 e. The van der Waals surface area contributed by atoms with Gasteiger partial charge in [0.05, 0.1) is 12.6 Å². The van der Waals surface area contributed by atoms with E-state index in [-0.39, 0.29) is 30.2 Å². The molecule has 128 valence electrons. The topological polar surface area (TPSA) is 40.6 Å². The minimum absolute atomic E-state index is 0.0268. The number of carbonyl (C=O) groups excluding carboxylic acids is 2. The molecule has 2 aliphatic rings. The van der Waals surface area contributed by atoms with Crippen molar-refractivity contribution in [2.45, 2.75) is 31.7 Å². The lowest BCUT2D eigenvalue weighted by molar-refractivity contribution is -0.145. The minimum Gasteiger partial charge on any atom is -0.346 e. The number of carbonyl (C=O) groups is 2. The highest BCUT2D eigenvalue weighted by Crippen LogP contribution is 2.37. The third-order valence-corrected chi connectivity index (χ3v) is 5.23. The summed E-state index contributed by atoms with van der Waals surface area (Å²) in [6.07, 6.45) is 2.86. The van der Waals surface area contributed by atoms with Gasteiger partial charge in [-0.25, -0.2) is 0 Å². The van der Waals surface area contributed by atoms with E-state index in [4.69, 9.17) is 11.6 Å². The Balaban J connectivity index is 1.83. The van der Waals surface area contributed by atoms with Crippen molar-refractivity contribution >= 4 is 23.4 Å². The molecule has 3 rings (SSSR count). The molecule has 1 fully saturated rings. The molecule has 0 aromatic heterocycles. The lowest BCUT2D eigenvalue weighted by atomic mass is 9.93. The fraction of sp³-hybridized carbons (Fsp3) is 0.474. The summed E-state index contributed by atoms with van der Waals surface area (Å²) in [5.41, 5.74) is 2.49. The Morgan fingerprint density at radius 3 is 2.83 bits per heavy atom. The predicted octanol–water partition coefficient (Wildman–Crippen LogP) is 3.12. The lowest BCUT2D eigenvalue weighted by Crippen LogP contribution is -2.45. The van der Waals surface area contributed by atoms with Crippen molar-refractivity contribution in [3.63, 3.8) is 0 Å². The zero-order valence-electron chi connectivity index (χ0n) is 14.0. The molecule has 4 nitrogen and oxygen atoms in total. The third-order valence-electron chi connectivity index (χ3n) is 5.11. The Kier molecular flexibility index (Phi) is 4.95. The molecule has 24 heavy (non-hydrogen) atoms. The number of likely N-dealkylation sites (tertiary alicyclic amines) is 1. The van der Waals surface area contributed by atoms with Gasteiger partial charge in [0.25, 0.3) is 0 Å². The number of rotatable bonds is 4. The van der Waals surface area contributed by atoms with Gasteiger partial charge >= 0.3 is 0 Å². The normalized spacial score (nSPS) is 23.1. The van der Waals surface area contributed by atoms with Crippen LogP contribution in [0.4, 0.5) is 0 Å². The summed E-state index contributed by atoms with van der Waals surface area (Å²) in [6, 6.07) is 8.27. The van der Waals surface area contributed by atoms with E-state index >= 15 is 0 Å². The maximum Gasteiger partial charge on any atom is 0.227 e. The summed E-state index contributed by atoms with van der Waals surface area (Å²) in [7, 11) is 1.79. The van der Waals surface area contributed by atoms with E-state index in [0.717, 1.165) is 12.8 Å². The van der Waals surface area contributed by atoms with Crippen molar-refractivity contribution in [3.05, 3.63) is 47.0 Å². The van der Waals surface area contributed by atoms with Crippen LogP contribution in [0.3, 0.4) is 0 Å². The first-order valence-corrected chi connectivity index (χ1v) is 8.80. The zero-order chi connectivity index (χ0) is 17.3. The zero-order valence-corrected chi connectivity index (χ0v) is 14.8. The quantitative estimate of drug-likeness (QED) is 0.840. The number of amides is 2. The van der Waals surface area contributed by atoms with Crippen LogP contribution in [-0.4, -0.2) is 41.8 Å². The van der Waals surface area contributed by atoms with Crippen molar-refractivity contribution in [3.8, 4) is 0 Å². The maximum atomic E-state index is 13.1. The molecule has 0 saturated carbocycles. The number of aryl methyl sites for hydroxylation is 1. The fourth-order valence-electron chi connectivity index (χ4n) is 3.77. The molecule has 1 heterocycles. The van der Waals surface area contributed by atoms with Crippen molar-refractivity contribution < 1.29 is 9.59 Å². The van der Waals surface area contributed by atoms with Gasteiger partial charge in [0, 0.05) is 31.0 Å². The molecule has 1 aromatic rings. The molecule has 1 aromatic carbocycles. The summed E-state index contributed by atoms with van der Waals surface area (Å²) in [5.74, 6) is -0.187. The highest BCUT2D eigenvalue weighted by Gasteiger charge is 2.37. The van der Waals surface area contributed by atoms with Gasteiger partial charge in [0.1, 0.15) is 0 Å². The van der Waals surface area contributed by atoms with Crippen molar-refractivity contribution in [1.82, 2.24) is 9.80 Å². The molecular weight excluding hydrogens is 324 g/mol. The minimum atomic E-state index is -0.252. The first kappa shape index (κ1) is 17.0. The molecular formula is C19H23ClN2O2. The van der Waals surface area contributed by atoms with Gasteiger partial charge in [-0.05, 0) is 30.4 Å². The fourth-order valence-corrected chi connectivity index (χ4v) is 3.90. The van der Waals surface area contributed by atoms with E-state index in [1.54, 1.807) is 11.9 Å². The average molecular weight is 347 g/mol. The number of benzene rings is 1. The lowest BCUT2D eigenvalue weighted by Gasteiger charge is -2.35. The molecule has 0 radical (unpaired) electrons. The summed E-state index contributed by atoms with van der Waals surface area (Å²) in [4.78, 5) is 28.7. The second kappa shape index (κ2) is 6.98. The Morgan fingerprint density at radius 1 is 1.38 bits per heavy atom. The summed E-state index contributed by atoms with van der Waals surface area (Å²) in [5, 5.41) is 0.451. The van der Waals surface area contributed by atoms with Gasteiger partial charge in [-0.1, -0.05) is 42.4 Å². The van der Waals surface area contributed by atoms with Crippen molar-refractivity contribution in [2.75, 3.05) is 20.1 Å². The SMILES string of the molecule is C=C(Cl)CN(C(=O)[C@H]1CCN(C)C(=O)C1)[C@H]1CCc2ccccc21. The number of hydrogen-bond donors (Lipinski definition) is 0. The highest BCUT2D eigenvalue weighted by molar-refractivity contribution is 6.29. The molecule has 1 aliphatic carbocycles. The van der Waals surface area contributed by atoms with Gasteiger partial charge in [-0.2, -0.15) is 0 Å². The van der Waals surface area contributed by atoms with Crippen molar-refractivity contribution in [1.29, 1.82) is 0 Å². The standard InChI is InChI=1S/C19H23ClN2O2/c1-13(20)12-22(17-8-7-14-5-3-4-6-16(14)17)19(24)15-9-10-21(2)18(23)11-15/h3-6,15,17H,1,7-12H2,2H3/t15-,17-/m0/s1. The Bertz CT molecular complexity index is 673. The van der Waals surface area contributed by atoms with Crippen LogP contribution in [0.25, 0.3) is 0 Å². The molecule has 0 spiro atoms. The number of halogens is 1. The Morgan fingerprint density at radius 2 is 2.12 bits per heavy atom. The first-order chi connectivity index (χ1) is 11.5. The third kappa shape index (κ3) is 3.34. The number of nitrogens with zero attached hydrogens (tertiary/aromatic N) is 2. The number of hydrogen-bond acceptors (Lipinski definition) is 2. The summed E-state index contributed by atoms with van der Waals surface area (Å²) < 4.78 is 0. The number of fused-ring (bicyclic) bond motifs is 1. The number of piperidine rings is 1. The average Bonchev–Trinajstić information content (AvgIpc) is 2.98. The molecule has 0 unspecified atom stereocenters. The Labute approximate surface area is 148 Å². The molecule has 1 aliphatic heterocycles. The molecule has 2 amide bonds. The molecule has 1 saturated heterocycles. The van der Waals surface area contributed by atoms with Crippen molar-refractivity contribution in [2.24, 2.45) is 5.92 Å². The van der Waals surface area contributed by atoms with E-state index in [9.17, 15) is 9.59 Å². The van der Waals surface area contributed by atoms with Gasteiger partial charge < -0.3 is 9.80 Å². The van der Waals surface area contributed by atoms with E-state index in [1.165, 1.54) is 11.1 Å². The van der Waals surface area contributed by atoms with E-state index in [2.05, 4.69) is 18.7 Å². The highest BCUT2D eigenvalue weighted by atomic mass is 35.5. The summed E-state index contributed by atoms with van der Waals surface area (Å²) >= 11 is 6.05. The molecule has 2 atom stereocenters. The summed E-state index contributed by atoms with van der Waals surface area (Å²) in [6.45, 7) is 4.74. The van der Waals surface area contributed by atoms with Crippen LogP contribution < -0.4 is 0 Å².